The van der Waals surface area contributed by atoms with Crippen molar-refractivity contribution in [3.63, 3.8) is 0 Å². The average Bonchev–Trinajstić information content (AvgIpc) is 3.15. The van der Waals surface area contributed by atoms with E-state index in [9.17, 15) is 4.79 Å². The molecule has 0 unspecified atom stereocenters. The molecule has 0 radical (unpaired) electrons. The Morgan fingerprint density at radius 2 is 1.21 bits per heavy atom. The quantitative estimate of drug-likeness (QED) is 0.524. The maximum atomic E-state index is 12.8. The first-order valence-electron chi connectivity index (χ1n) is 9.31. The summed E-state index contributed by atoms with van der Waals surface area (Å²) in [7, 11) is 0. The van der Waals surface area contributed by atoms with Crippen molar-refractivity contribution in [2.45, 2.75) is 0 Å². The standard InChI is InChI=1S/C23H21N3O3/c24-14-17-28-20-10-6-18(7-11-20)25-15-16-26(23(25)27)19-8-12-22(13-9-19)29-21-4-2-1-3-5-21/h1-13,15-16H,14,17,24H2. The van der Waals surface area contributed by atoms with Gasteiger partial charge in [0.1, 0.15) is 23.9 Å². The molecule has 0 fully saturated rings. The number of benzene rings is 3. The molecule has 0 aliphatic carbocycles. The van der Waals surface area contributed by atoms with E-state index in [2.05, 4.69) is 0 Å². The van der Waals surface area contributed by atoms with Gasteiger partial charge in [-0.25, -0.2) is 4.79 Å². The van der Waals surface area contributed by atoms with E-state index < -0.39 is 0 Å². The molecular weight excluding hydrogens is 366 g/mol. The average molecular weight is 387 g/mol. The number of imidazole rings is 1. The molecule has 1 heterocycles. The minimum absolute atomic E-state index is 0.155. The van der Waals surface area contributed by atoms with Crippen molar-refractivity contribution in [2.75, 3.05) is 13.2 Å². The smallest absolute Gasteiger partial charge is 0.337 e. The number of nitrogens with two attached hydrogens (primary N) is 1. The second-order valence-corrected chi connectivity index (χ2v) is 6.36. The number of nitrogens with zero attached hydrogens (tertiary/aromatic N) is 2. The fraction of sp³-hybridized carbons (Fsp3) is 0.0870. The van der Waals surface area contributed by atoms with Gasteiger partial charge in [-0.2, -0.15) is 0 Å². The van der Waals surface area contributed by atoms with Crippen LogP contribution in [0.3, 0.4) is 0 Å². The number of ether oxygens (including phenoxy) is 2. The Labute approximate surface area is 168 Å². The highest BCUT2D eigenvalue weighted by molar-refractivity contribution is 5.41. The Bertz CT molecular complexity index is 1110. The van der Waals surface area contributed by atoms with Crippen LogP contribution in [-0.4, -0.2) is 22.3 Å². The lowest BCUT2D eigenvalue weighted by Crippen LogP contribution is -2.21. The third-order valence-electron chi connectivity index (χ3n) is 4.37. The van der Waals surface area contributed by atoms with Crippen LogP contribution in [-0.2, 0) is 0 Å². The van der Waals surface area contributed by atoms with E-state index in [1.165, 1.54) is 0 Å². The number of aromatic nitrogens is 2. The van der Waals surface area contributed by atoms with Gasteiger partial charge in [0.05, 0.1) is 11.4 Å². The van der Waals surface area contributed by atoms with Gasteiger partial charge in [0.2, 0.25) is 0 Å². The highest BCUT2D eigenvalue weighted by atomic mass is 16.5. The van der Waals surface area contributed by atoms with E-state index in [1.807, 2.05) is 78.9 Å². The van der Waals surface area contributed by atoms with Crippen molar-refractivity contribution in [1.82, 2.24) is 9.13 Å². The molecule has 0 atom stereocenters. The summed E-state index contributed by atoms with van der Waals surface area (Å²) in [6, 6.07) is 24.3. The number of rotatable bonds is 7. The van der Waals surface area contributed by atoms with E-state index >= 15 is 0 Å². The van der Waals surface area contributed by atoms with Crippen LogP contribution < -0.4 is 20.9 Å². The molecule has 4 aromatic rings. The summed E-state index contributed by atoms with van der Waals surface area (Å²) in [5, 5.41) is 0. The third kappa shape index (κ3) is 4.23. The van der Waals surface area contributed by atoms with Crippen molar-refractivity contribution in [3.05, 3.63) is 102 Å². The summed E-state index contributed by atoms with van der Waals surface area (Å²) in [4.78, 5) is 12.8. The largest absolute Gasteiger partial charge is 0.492 e. The van der Waals surface area contributed by atoms with Crippen molar-refractivity contribution in [1.29, 1.82) is 0 Å². The van der Waals surface area contributed by atoms with Gasteiger partial charge in [-0.1, -0.05) is 18.2 Å². The topological polar surface area (TPSA) is 71.4 Å². The lowest BCUT2D eigenvalue weighted by molar-refractivity contribution is 0.328. The summed E-state index contributed by atoms with van der Waals surface area (Å²) in [5.74, 6) is 2.20. The molecule has 0 saturated heterocycles. The first-order valence-corrected chi connectivity index (χ1v) is 9.31. The predicted molar refractivity (Wildman–Crippen MR) is 112 cm³/mol. The summed E-state index contributed by atoms with van der Waals surface area (Å²) >= 11 is 0. The number of hydrogen-bond donors (Lipinski definition) is 1. The zero-order valence-electron chi connectivity index (χ0n) is 15.8. The van der Waals surface area contributed by atoms with E-state index in [1.54, 1.807) is 21.5 Å². The van der Waals surface area contributed by atoms with Crippen molar-refractivity contribution >= 4 is 0 Å². The number of hydrogen-bond acceptors (Lipinski definition) is 4. The van der Waals surface area contributed by atoms with Gasteiger partial charge in [-0.15, -0.1) is 0 Å². The summed E-state index contributed by atoms with van der Waals surface area (Å²) in [6.07, 6.45) is 3.49. The van der Waals surface area contributed by atoms with Crippen LogP contribution in [0, 0.1) is 0 Å². The van der Waals surface area contributed by atoms with Crippen LogP contribution in [0.25, 0.3) is 11.4 Å². The molecule has 1 aromatic heterocycles. The van der Waals surface area contributed by atoms with Gasteiger partial charge in [0.15, 0.2) is 0 Å². The molecule has 3 aromatic carbocycles. The summed E-state index contributed by atoms with van der Waals surface area (Å²) < 4.78 is 14.4. The van der Waals surface area contributed by atoms with Gasteiger partial charge >= 0.3 is 5.69 Å². The lowest BCUT2D eigenvalue weighted by Gasteiger charge is -2.07. The minimum Gasteiger partial charge on any atom is -0.492 e. The monoisotopic (exact) mass is 387 g/mol. The Morgan fingerprint density at radius 1 is 0.690 bits per heavy atom. The Balaban J connectivity index is 1.53. The lowest BCUT2D eigenvalue weighted by atomic mass is 10.3. The van der Waals surface area contributed by atoms with Crippen LogP contribution in [0.15, 0.2) is 96.1 Å². The molecule has 2 N–H and O–H groups in total. The maximum Gasteiger partial charge on any atom is 0.337 e. The molecule has 0 aliphatic rings. The van der Waals surface area contributed by atoms with Crippen LogP contribution in [0.4, 0.5) is 0 Å². The SMILES string of the molecule is NCCOc1ccc(-n2ccn(-c3ccc(Oc4ccccc4)cc3)c2=O)cc1. The van der Waals surface area contributed by atoms with Crippen LogP contribution >= 0.6 is 0 Å². The highest BCUT2D eigenvalue weighted by Crippen LogP contribution is 2.22. The van der Waals surface area contributed by atoms with E-state index in [4.69, 9.17) is 15.2 Å². The maximum absolute atomic E-state index is 12.8. The molecule has 0 saturated carbocycles. The summed E-state index contributed by atoms with van der Waals surface area (Å²) in [6.45, 7) is 0.916. The van der Waals surface area contributed by atoms with Gasteiger partial charge in [-0.05, 0) is 60.7 Å². The molecular formula is C23H21N3O3. The van der Waals surface area contributed by atoms with E-state index in [-0.39, 0.29) is 5.69 Å². The Hall–Kier alpha value is -3.77. The van der Waals surface area contributed by atoms with Crippen molar-refractivity contribution < 1.29 is 9.47 Å². The van der Waals surface area contributed by atoms with E-state index in [0.29, 0.717) is 18.9 Å². The second kappa shape index (κ2) is 8.50. The zero-order chi connectivity index (χ0) is 20.1. The van der Waals surface area contributed by atoms with Crippen LogP contribution in [0.2, 0.25) is 0 Å². The fourth-order valence-corrected chi connectivity index (χ4v) is 2.95. The zero-order valence-corrected chi connectivity index (χ0v) is 15.8. The predicted octanol–water partition coefficient (Wildman–Crippen LogP) is 3.76. The normalized spacial score (nSPS) is 10.7. The van der Waals surface area contributed by atoms with Crippen molar-refractivity contribution in [3.8, 4) is 28.6 Å². The molecule has 146 valence electrons. The van der Waals surface area contributed by atoms with Gasteiger partial charge in [-0.3, -0.25) is 9.13 Å². The summed E-state index contributed by atoms with van der Waals surface area (Å²) in [5.41, 5.74) is 6.81. The van der Waals surface area contributed by atoms with Gasteiger partial charge in [0.25, 0.3) is 0 Å². The minimum atomic E-state index is -0.155. The Kier molecular flexibility index (Phi) is 5.45. The second-order valence-electron chi connectivity index (χ2n) is 6.36. The molecule has 0 spiro atoms. The first kappa shape index (κ1) is 18.6. The number of para-hydroxylation sites is 1. The molecule has 0 aliphatic heterocycles. The highest BCUT2D eigenvalue weighted by Gasteiger charge is 2.08. The molecule has 0 amide bonds. The fourth-order valence-electron chi connectivity index (χ4n) is 2.95. The van der Waals surface area contributed by atoms with E-state index in [0.717, 1.165) is 22.9 Å². The molecule has 6 heteroatoms. The molecule has 0 bridgehead atoms. The first-order chi connectivity index (χ1) is 14.2. The van der Waals surface area contributed by atoms with Crippen LogP contribution in [0.5, 0.6) is 17.2 Å². The Morgan fingerprint density at radius 3 is 1.76 bits per heavy atom. The third-order valence-corrected chi connectivity index (χ3v) is 4.37. The molecule has 4 rings (SSSR count). The van der Waals surface area contributed by atoms with Crippen LogP contribution in [0.1, 0.15) is 0 Å². The van der Waals surface area contributed by atoms with Gasteiger partial charge in [0, 0.05) is 18.9 Å². The van der Waals surface area contributed by atoms with Gasteiger partial charge < -0.3 is 15.2 Å². The molecule has 6 nitrogen and oxygen atoms in total. The van der Waals surface area contributed by atoms with Crippen molar-refractivity contribution in [2.24, 2.45) is 5.73 Å². The molecule has 29 heavy (non-hydrogen) atoms.